The topological polar surface area (TPSA) is 64.1 Å². The molecule has 1 aliphatic heterocycles. The van der Waals surface area contributed by atoms with Crippen molar-refractivity contribution in [3.63, 3.8) is 0 Å². The first-order chi connectivity index (χ1) is 7.68. The Balaban J connectivity index is 2.02. The molecule has 2 rings (SSSR count). The molecule has 0 saturated carbocycles. The Labute approximate surface area is 95.2 Å². The molecule has 2 heterocycles. The lowest BCUT2D eigenvalue weighted by Gasteiger charge is -2.17. The van der Waals surface area contributed by atoms with Crippen molar-refractivity contribution in [3.05, 3.63) is 18.2 Å². The summed E-state index contributed by atoms with van der Waals surface area (Å²) in [5, 5.41) is 0. The Morgan fingerprint density at radius 2 is 2.25 bits per heavy atom. The zero-order valence-corrected chi connectivity index (χ0v) is 9.59. The fraction of sp³-hybridized carbons (Fsp3) is 0.636. The number of aromatic nitrogens is 2. The van der Waals surface area contributed by atoms with Crippen LogP contribution in [0.2, 0.25) is 0 Å². The molecule has 0 aromatic carbocycles. The molecule has 2 N–H and O–H groups in total. The van der Waals surface area contributed by atoms with Gasteiger partial charge in [0.1, 0.15) is 6.54 Å². The van der Waals surface area contributed by atoms with Crippen molar-refractivity contribution in [1.82, 2.24) is 14.5 Å². The van der Waals surface area contributed by atoms with Crippen molar-refractivity contribution in [1.29, 1.82) is 0 Å². The molecule has 1 saturated heterocycles. The smallest absolute Gasteiger partial charge is 0.242 e. The van der Waals surface area contributed by atoms with Crippen LogP contribution in [0.3, 0.4) is 0 Å². The van der Waals surface area contributed by atoms with Gasteiger partial charge in [0.05, 0.1) is 12.0 Å². The van der Waals surface area contributed by atoms with Gasteiger partial charge in [-0.15, -0.1) is 0 Å². The van der Waals surface area contributed by atoms with Gasteiger partial charge in [-0.25, -0.2) is 4.98 Å². The van der Waals surface area contributed by atoms with E-state index < -0.39 is 0 Å². The highest BCUT2D eigenvalue weighted by molar-refractivity contribution is 5.76. The number of hydrogen-bond donors (Lipinski definition) is 1. The van der Waals surface area contributed by atoms with E-state index in [1.54, 1.807) is 12.5 Å². The number of imidazole rings is 1. The highest BCUT2D eigenvalue weighted by Crippen LogP contribution is 2.11. The number of rotatable bonds is 3. The number of nitrogens with zero attached hydrogens (tertiary/aromatic N) is 3. The first kappa shape index (κ1) is 11.1. The highest BCUT2D eigenvalue weighted by Gasteiger charge is 2.19. The maximum atomic E-state index is 11.9. The van der Waals surface area contributed by atoms with Crippen LogP contribution in [0.5, 0.6) is 0 Å². The van der Waals surface area contributed by atoms with Gasteiger partial charge in [-0.05, 0) is 19.8 Å². The molecule has 1 atom stereocenters. The highest BCUT2D eigenvalue weighted by atomic mass is 16.2. The summed E-state index contributed by atoms with van der Waals surface area (Å²) < 4.78 is 1.84. The molecule has 5 heteroatoms. The van der Waals surface area contributed by atoms with Gasteiger partial charge < -0.3 is 15.2 Å². The van der Waals surface area contributed by atoms with Crippen LogP contribution in [-0.4, -0.2) is 33.4 Å². The van der Waals surface area contributed by atoms with Gasteiger partial charge in [-0.3, -0.25) is 4.79 Å². The molecular formula is C11H18N4O. The van der Waals surface area contributed by atoms with Crippen LogP contribution < -0.4 is 5.73 Å². The minimum atomic E-state index is -0.0890. The van der Waals surface area contributed by atoms with Gasteiger partial charge in [-0.1, -0.05) is 0 Å². The van der Waals surface area contributed by atoms with Gasteiger partial charge in [0, 0.05) is 25.3 Å². The molecule has 1 amide bonds. The molecular weight excluding hydrogens is 204 g/mol. The molecule has 1 fully saturated rings. The summed E-state index contributed by atoms with van der Waals surface area (Å²) in [6.45, 7) is 4.03. The monoisotopic (exact) mass is 222 g/mol. The summed E-state index contributed by atoms with van der Waals surface area (Å²) in [6.07, 6.45) is 5.64. The standard InChI is InChI=1S/C11H18N4O/c1-9(12)10-6-13-8-15(10)7-11(16)14-4-2-3-5-14/h6,8-9H,2-5,7,12H2,1H3/t9-/m0/s1. The van der Waals surface area contributed by atoms with Gasteiger partial charge in [0.2, 0.25) is 5.91 Å². The van der Waals surface area contributed by atoms with Crippen LogP contribution in [0.25, 0.3) is 0 Å². The first-order valence-corrected chi connectivity index (χ1v) is 5.72. The summed E-state index contributed by atoms with van der Waals surface area (Å²) in [4.78, 5) is 17.9. The molecule has 88 valence electrons. The predicted octanol–water partition coefficient (Wildman–Crippen LogP) is 0.525. The molecule has 0 spiro atoms. The van der Waals surface area contributed by atoms with Crippen molar-refractivity contribution in [2.45, 2.75) is 32.4 Å². The minimum absolute atomic E-state index is 0.0890. The summed E-state index contributed by atoms with van der Waals surface area (Å²) in [5.74, 6) is 0.164. The molecule has 0 bridgehead atoms. The van der Waals surface area contributed by atoms with E-state index in [2.05, 4.69) is 4.98 Å². The van der Waals surface area contributed by atoms with Crippen LogP contribution in [0.4, 0.5) is 0 Å². The lowest BCUT2D eigenvalue weighted by Crippen LogP contribution is -2.31. The van der Waals surface area contributed by atoms with Crippen molar-refractivity contribution >= 4 is 5.91 Å². The van der Waals surface area contributed by atoms with E-state index in [0.717, 1.165) is 31.6 Å². The maximum absolute atomic E-state index is 11.9. The third-order valence-corrected chi connectivity index (χ3v) is 2.98. The quantitative estimate of drug-likeness (QED) is 0.811. The normalized spacial score (nSPS) is 17.8. The number of nitrogens with two attached hydrogens (primary N) is 1. The summed E-state index contributed by atoms with van der Waals surface area (Å²) >= 11 is 0. The van der Waals surface area contributed by atoms with E-state index in [1.165, 1.54) is 0 Å². The number of carbonyl (C=O) groups is 1. The Hall–Kier alpha value is -1.36. The largest absolute Gasteiger partial charge is 0.341 e. The summed E-state index contributed by atoms with van der Waals surface area (Å²) in [5.41, 5.74) is 6.71. The van der Waals surface area contributed by atoms with Gasteiger partial charge in [0.15, 0.2) is 0 Å². The fourth-order valence-electron chi connectivity index (χ4n) is 2.05. The van der Waals surface area contributed by atoms with E-state index in [9.17, 15) is 4.79 Å². The molecule has 1 aromatic rings. The number of likely N-dealkylation sites (tertiary alicyclic amines) is 1. The molecule has 1 aliphatic rings. The zero-order chi connectivity index (χ0) is 11.5. The van der Waals surface area contributed by atoms with Crippen molar-refractivity contribution in [2.24, 2.45) is 5.73 Å². The van der Waals surface area contributed by atoms with Crippen LogP contribution in [-0.2, 0) is 11.3 Å². The van der Waals surface area contributed by atoms with Crippen LogP contribution in [0.15, 0.2) is 12.5 Å². The average Bonchev–Trinajstić information content (AvgIpc) is 2.86. The third kappa shape index (κ3) is 2.24. The minimum Gasteiger partial charge on any atom is -0.341 e. The van der Waals surface area contributed by atoms with Crippen molar-refractivity contribution in [3.8, 4) is 0 Å². The third-order valence-electron chi connectivity index (χ3n) is 2.98. The van der Waals surface area contributed by atoms with Gasteiger partial charge in [0.25, 0.3) is 0 Å². The second kappa shape index (κ2) is 4.65. The first-order valence-electron chi connectivity index (χ1n) is 5.72. The van der Waals surface area contributed by atoms with Gasteiger partial charge >= 0.3 is 0 Å². The van der Waals surface area contributed by atoms with E-state index in [4.69, 9.17) is 5.73 Å². The predicted molar refractivity (Wildman–Crippen MR) is 60.6 cm³/mol. The Morgan fingerprint density at radius 3 is 2.88 bits per heavy atom. The Morgan fingerprint density at radius 1 is 1.56 bits per heavy atom. The molecule has 0 aliphatic carbocycles. The fourth-order valence-corrected chi connectivity index (χ4v) is 2.05. The lowest BCUT2D eigenvalue weighted by molar-refractivity contribution is -0.130. The number of hydrogen-bond acceptors (Lipinski definition) is 3. The molecule has 16 heavy (non-hydrogen) atoms. The van der Waals surface area contributed by atoms with Gasteiger partial charge in [-0.2, -0.15) is 0 Å². The second-order valence-electron chi connectivity index (χ2n) is 4.32. The zero-order valence-electron chi connectivity index (χ0n) is 9.59. The SMILES string of the molecule is C[C@H](N)c1cncn1CC(=O)N1CCCC1. The average molecular weight is 222 g/mol. The van der Waals surface area contributed by atoms with Crippen molar-refractivity contribution in [2.75, 3.05) is 13.1 Å². The Bertz CT molecular complexity index is 366. The van der Waals surface area contributed by atoms with E-state index in [1.807, 2.05) is 16.4 Å². The molecule has 1 aromatic heterocycles. The second-order valence-corrected chi connectivity index (χ2v) is 4.32. The molecule has 5 nitrogen and oxygen atoms in total. The summed E-state index contributed by atoms with van der Waals surface area (Å²) in [6, 6.07) is -0.0890. The maximum Gasteiger partial charge on any atom is 0.242 e. The molecule has 0 unspecified atom stereocenters. The van der Waals surface area contributed by atoms with Crippen LogP contribution in [0.1, 0.15) is 31.5 Å². The van der Waals surface area contributed by atoms with Crippen molar-refractivity contribution < 1.29 is 4.79 Å². The molecule has 0 radical (unpaired) electrons. The van der Waals surface area contributed by atoms with E-state index in [0.29, 0.717) is 6.54 Å². The Kier molecular flexibility index (Phi) is 3.24. The lowest BCUT2D eigenvalue weighted by atomic mass is 10.3. The number of amides is 1. The number of carbonyl (C=O) groups excluding carboxylic acids is 1. The summed E-state index contributed by atoms with van der Waals surface area (Å²) in [7, 11) is 0. The van der Waals surface area contributed by atoms with Crippen LogP contribution >= 0.6 is 0 Å². The van der Waals surface area contributed by atoms with E-state index >= 15 is 0 Å². The van der Waals surface area contributed by atoms with E-state index in [-0.39, 0.29) is 11.9 Å². The van der Waals surface area contributed by atoms with Crippen LogP contribution in [0, 0.1) is 0 Å².